The number of aromatic nitrogens is 3. The van der Waals surface area contributed by atoms with Crippen molar-refractivity contribution >= 4 is 50.8 Å². The first-order chi connectivity index (χ1) is 11.6. The molecule has 2 heterocycles. The molecular weight excluding hydrogens is 349 g/mol. The van der Waals surface area contributed by atoms with Crippen molar-refractivity contribution in [1.82, 2.24) is 20.3 Å². The fourth-order valence-corrected chi connectivity index (χ4v) is 2.96. The van der Waals surface area contributed by atoms with Crippen molar-refractivity contribution in [3.63, 3.8) is 0 Å². The molecule has 0 spiro atoms. The second-order valence-electron chi connectivity index (χ2n) is 5.38. The van der Waals surface area contributed by atoms with Crippen molar-refractivity contribution in [1.29, 1.82) is 0 Å². The molecular formula is C16H17Cl2N5O. The molecule has 0 unspecified atom stereocenters. The Morgan fingerprint density at radius 3 is 2.83 bits per heavy atom. The van der Waals surface area contributed by atoms with Crippen molar-refractivity contribution in [2.75, 3.05) is 30.8 Å². The predicted octanol–water partition coefficient (Wildman–Crippen LogP) is 2.67. The molecule has 0 aliphatic rings. The van der Waals surface area contributed by atoms with Crippen molar-refractivity contribution < 1.29 is 0 Å². The fourth-order valence-electron chi connectivity index (χ4n) is 2.66. The molecule has 6 nitrogen and oxygen atoms in total. The van der Waals surface area contributed by atoms with E-state index in [1.165, 1.54) is 0 Å². The lowest BCUT2D eigenvalue weighted by molar-refractivity contribution is 0.742. The third kappa shape index (κ3) is 3.45. The van der Waals surface area contributed by atoms with Gasteiger partial charge in [0.25, 0.3) is 0 Å². The normalized spacial score (nSPS) is 11.3. The average Bonchev–Trinajstić information content (AvgIpc) is 2.54. The van der Waals surface area contributed by atoms with Crippen LogP contribution in [0.5, 0.6) is 0 Å². The molecule has 1 aromatic carbocycles. The van der Waals surface area contributed by atoms with Gasteiger partial charge in [0.15, 0.2) is 5.65 Å². The largest absolute Gasteiger partial charge is 0.383 e. The SMILES string of the molecule is Cc1[nH]c(=O)nc2nc3ccc(Cl)cc3c(NCCNCCCl)c12. The molecule has 3 N–H and O–H groups in total. The number of aryl methyl sites for hydroxylation is 1. The van der Waals surface area contributed by atoms with Crippen LogP contribution < -0.4 is 16.3 Å². The number of nitrogens with one attached hydrogen (secondary N) is 3. The molecule has 3 aromatic rings. The highest BCUT2D eigenvalue weighted by Crippen LogP contribution is 2.32. The van der Waals surface area contributed by atoms with Crippen LogP contribution in [0.4, 0.5) is 5.69 Å². The summed E-state index contributed by atoms with van der Waals surface area (Å²) in [5.74, 6) is 0.570. The first-order valence-electron chi connectivity index (χ1n) is 7.60. The Morgan fingerprint density at radius 1 is 1.21 bits per heavy atom. The first-order valence-corrected chi connectivity index (χ1v) is 8.52. The van der Waals surface area contributed by atoms with Crippen LogP contribution in [-0.4, -0.2) is 40.5 Å². The van der Waals surface area contributed by atoms with Crippen LogP contribution in [0.3, 0.4) is 0 Å². The van der Waals surface area contributed by atoms with E-state index in [1.54, 1.807) is 6.07 Å². The number of hydrogen-bond donors (Lipinski definition) is 3. The van der Waals surface area contributed by atoms with Crippen molar-refractivity contribution in [3.05, 3.63) is 39.4 Å². The summed E-state index contributed by atoms with van der Waals surface area (Å²) in [6, 6.07) is 5.46. The topological polar surface area (TPSA) is 82.7 Å². The van der Waals surface area contributed by atoms with Crippen LogP contribution in [0, 0.1) is 6.92 Å². The maximum atomic E-state index is 11.7. The summed E-state index contributed by atoms with van der Waals surface area (Å²) in [6.07, 6.45) is 0. The lowest BCUT2D eigenvalue weighted by Crippen LogP contribution is -2.24. The van der Waals surface area contributed by atoms with Crippen molar-refractivity contribution in [2.24, 2.45) is 0 Å². The van der Waals surface area contributed by atoms with Crippen LogP contribution in [0.1, 0.15) is 5.69 Å². The van der Waals surface area contributed by atoms with E-state index in [4.69, 9.17) is 23.2 Å². The van der Waals surface area contributed by atoms with Gasteiger partial charge in [-0.2, -0.15) is 4.98 Å². The van der Waals surface area contributed by atoms with Gasteiger partial charge in [-0.05, 0) is 25.1 Å². The zero-order valence-corrected chi connectivity index (χ0v) is 14.6. The van der Waals surface area contributed by atoms with Gasteiger partial charge in [0.1, 0.15) is 0 Å². The molecule has 0 saturated heterocycles. The number of anilines is 1. The minimum absolute atomic E-state index is 0.407. The summed E-state index contributed by atoms with van der Waals surface area (Å²) in [4.78, 5) is 22.9. The molecule has 0 fully saturated rings. The Hall–Kier alpha value is -1.89. The summed E-state index contributed by atoms with van der Waals surface area (Å²) < 4.78 is 0. The van der Waals surface area contributed by atoms with E-state index in [9.17, 15) is 4.79 Å². The van der Waals surface area contributed by atoms with Gasteiger partial charge in [-0.1, -0.05) is 11.6 Å². The lowest BCUT2D eigenvalue weighted by atomic mass is 10.1. The van der Waals surface area contributed by atoms with Gasteiger partial charge in [0.2, 0.25) is 0 Å². The smallest absolute Gasteiger partial charge is 0.347 e. The van der Waals surface area contributed by atoms with E-state index in [1.807, 2.05) is 19.1 Å². The van der Waals surface area contributed by atoms with Crippen molar-refractivity contribution in [3.8, 4) is 0 Å². The Labute approximate surface area is 148 Å². The number of fused-ring (bicyclic) bond motifs is 2. The second kappa shape index (κ2) is 7.34. The molecule has 126 valence electrons. The Morgan fingerprint density at radius 2 is 2.04 bits per heavy atom. The lowest BCUT2D eigenvalue weighted by Gasteiger charge is -2.14. The van der Waals surface area contributed by atoms with E-state index in [-0.39, 0.29) is 0 Å². The standard InChI is InChI=1S/C16H17Cl2N5O/c1-9-13-14(20-7-6-19-5-4-17)11-8-10(18)2-3-12(11)22-15(13)23-16(24)21-9/h2-3,8,19H,4-7H2,1H3,(H2,20,21,22,23,24). The first kappa shape index (κ1) is 17.0. The zero-order valence-electron chi connectivity index (χ0n) is 13.1. The van der Waals surface area contributed by atoms with Gasteiger partial charge in [-0.15, -0.1) is 11.6 Å². The second-order valence-corrected chi connectivity index (χ2v) is 6.19. The molecule has 0 radical (unpaired) electrons. The van der Waals surface area contributed by atoms with Crippen molar-refractivity contribution in [2.45, 2.75) is 6.92 Å². The molecule has 0 saturated carbocycles. The minimum Gasteiger partial charge on any atom is -0.383 e. The summed E-state index contributed by atoms with van der Waals surface area (Å²) >= 11 is 11.8. The molecule has 0 atom stereocenters. The number of benzene rings is 1. The Kier molecular flexibility index (Phi) is 5.18. The maximum absolute atomic E-state index is 11.7. The summed E-state index contributed by atoms with van der Waals surface area (Å²) in [7, 11) is 0. The van der Waals surface area contributed by atoms with Gasteiger partial charge < -0.3 is 15.6 Å². The molecule has 2 aromatic heterocycles. The minimum atomic E-state index is -0.407. The highest BCUT2D eigenvalue weighted by Gasteiger charge is 2.13. The predicted molar refractivity (Wildman–Crippen MR) is 99.5 cm³/mol. The third-order valence-corrected chi connectivity index (χ3v) is 4.10. The molecule has 0 aliphatic carbocycles. The number of alkyl halides is 1. The van der Waals surface area contributed by atoms with Gasteiger partial charge in [0.05, 0.1) is 16.6 Å². The average molecular weight is 366 g/mol. The van der Waals surface area contributed by atoms with Crippen LogP contribution >= 0.6 is 23.2 Å². The molecule has 3 rings (SSSR count). The molecule has 0 bridgehead atoms. The van der Waals surface area contributed by atoms with E-state index in [0.29, 0.717) is 23.1 Å². The number of hydrogen-bond acceptors (Lipinski definition) is 5. The molecule has 8 heteroatoms. The third-order valence-electron chi connectivity index (χ3n) is 3.68. The zero-order chi connectivity index (χ0) is 17.1. The summed E-state index contributed by atoms with van der Waals surface area (Å²) in [5.41, 5.74) is 2.33. The number of rotatable bonds is 6. The Bertz CT molecular complexity index is 941. The Balaban J connectivity index is 2.12. The van der Waals surface area contributed by atoms with Gasteiger partial charge in [-0.25, -0.2) is 9.78 Å². The number of aromatic amines is 1. The number of H-pyrrole nitrogens is 1. The number of halogens is 2. The molecule has 0 aliphatic heterocycles. The van der Waals surface area contributed by atoms with Gasteiger partial charge in [0, 0.05) is 41.6 Å². The van der Waals surface area contributed by atoms with Crippen LogP contribution in [0.25, 0.3) is 21.9 Å². The van der Waals surface area contributed by atoms with E-state index >= 15 is 0 Å². The van der Waals surface area contributed by atoms with Gasteiger partial charge in [-0.3, -0.25) is 0 Å². The highest BCUT2D eigenvalue weighted by atomic mass is 35.5. The number of nitrogens with zero attached hydrogens (tertiary/aromatic N) is 2. The maximum Gasteiger partial charge on any atom is 0.347 e. The van der Waals surface area contributed by atoms with Gasteiger partial charge >= 0.3 is 5.69 Å². The van der Waals surface area contributed by atoms with Crippen LogP contribution in [-0.2, 0) is 0 Å². The summed E-state index contributed by atoms with van der Waals surface area (Å²) in [5, 5.41) is 8.95. The van der Waals surface area contributed by atoms with E-state index in [2.05, 4.69) is 25.6 Å². The summed E-state index contributed by atoms with van der Waals surface area (Å²) in [6.45, 7) is 4.03. The monoisotopic (exact) mass is 365 g/mol. The van der Waals surface area contributed by atoms with E-state index < -0.39 is 5.69 Å². The number of pyridine rings is 1. The van der Waals surface area contributed by atoms with Crippen LogP contribution in [0.15, 0.2) is 23.0 Å². The quantitative estimate of drug-likeness (QED) is 0.355. The van der Waals surface area contributed by atoms with E-state index in [0.717, 1.165) is 40.8 Å². The van der Waals surface area contributed by atoms with Crippen LogP contribution in [0.2, 0.25) is 5.02 Å². The fraction of sp³-hybridized carbons (Fsp3) is 0.312. The molecule has 24 heavy (non-hydrogen) atoms. The highest BCUT2D eigenvalue weighted by molar-refractivity contribution is 6.31. The molecule has 0 amide bonds.